The first-order valence-corrected chi connectivity index (χ1v) is 14.2. The zero-order valence-electron chi connectivity index (χ0n) is 23.5. The number of pyridine rings is 1. The summed E-state index contributed by atoms with van der Waals surface area (Å²) in [5.74, 6) is 0.588. The van der Waals surface area contributed by atoms with E-state index in [9.17, 15) is 9.59 Å². The first kappa shape index (κ1) is 27.0. The van der Waals surface area contributed by atoms with Crippen molar-refractivity contribution in [2.24, 2.45) is 0 Å². The van der Waals surface area contributed by atoms with E-state index in [2.05, 4.69) is 32.3 Å². The highest BCUT2D eigenvalue weighted by Gasteiger charge is 2.26. The van der Waals surface area contributed by atoms with E-state index in [1.165, 1.54) is 0 Å². The van der Waals surface area contributed by atoms with E-state index >= 15 is 0 Å². The van der Waals surface area contributed by atoms with Crippen LogP contribution in [0.5, 0.6) is 0 Å². The predicted molar refractivity (Wildman–Crippen MR) is 165 cm³/mol. The van der Waals surface area contributed by atoms with Crippen molar-refractivity contribution in [3.05, 3.63) is 132 Å². The summed E-state index contributed by atoms with van der Waals surface area (Å²) in [5, 5.41) is 2.99. The van der Waals surface area contributed by atoms with Crippen molar-refractivity contribution in [2.75, 3.05) is 28.2 Å². The number of hydrogen-bond acceptors (Lipinski definition) is 5. The van der Waals surface area contributed by atoms with Crippen molar-refractivity contribution >= 4 is 28.9 Å². The Labute approximate surface area is 245 Å². The van der Waals surface area contributed by atoms with Crippen molar-refractivity contribution in [2.45, 2.75) is 26.3 Å². The van der Waals surface area contributed by atoms with Gasteiger partial charge in [-0.2, -0.15) is 0 Å². The van der Waals surface area contributed by atoms with Crippen molar-refractivity contribution in [3.8, 4) is 5.69 Å². The van der Waals surface area contributed by atoms with Crippen LogP contribution in [0, 0.1) is 0 Å². The molecule has 210 valence electrons. The highest BCUT2D eigenvalue weighted by atomic mass is 16.2. The molecule has 0 radical (unpaired) electrons. The molecule has 8 heteroatoms. The summed E-state index contributed by atoms with van der Waals surface area (Å²) in [5.41, 5.74) is 5.54. The Morgan fingerprint density at radius 1 is 0.833 bits per heavy atom. The molecule has 8 nitrogen and oxygen atoms in total. The fourth-order valence-electron chi connectivity index (χ4n) is 5.45. The number of hydrogen-bond donors (Lipinski definition) is 1. The molecule has 0 saturated heterocycles. The van der Waals surface area contributed by atoms with Crippen LogP contribution in [0.4, 0.5) is 17.1 Å². The number of rotatable bonds is 7. The van der Waals surface area contributed by atoms with E-state index in [1.807, 2.05) is 71.2 Å². The van der Waals surface area contributed by atoms with Crippen LogP contribution < -0.4 is 15.1 Å². The lowest BCUT2D eigenvalue weighted by Crippen LogP contribution is -2.31. The van der Waals surface area contributed by atoms with Crippen LogP contribution in [0.1, 0.15) is 45.4 Å². The Bertz CT molecular complexity index is 1700. The third kappa shape index (κ3) is 5.51. The van der Waals surface area contributed by atoms with E-state index < -0.39 is 0 Å². The molecule has 0 atom stereocenters. The number of benzene rings is 3. The number of fused-ring (bicyclic) bond motifs is 1. The standard InChI is InChI=1S/C34H32N6O2/c1-2-32-36-19-22-39(32)29-11-4-3-10-28(29)33(41)37-27-16-14-26(15-17-27)34(42)40-21-8-20-38(24-25-9-7-18-35-23-25)30-12-5-6-13-31(30)40/h3-7,9-19,22-23H,2,8,20-21,24H2,1H3,(H,37,41). The number of carbonyl (C=O) groups is 2. The van der Waals surface area contributed by atoms with Gasteiger partial charge in [0.2, 0.25) is 0 Å². The Hall–Kier alpha value is -5.24. The van der Waals surface area contributed by atoms with Crippen LogP contribution in [0.2, 0.25) is 0 Å². The second kappa shape index (κ2) is 12.1. The minimum atomic E-state index is -0.226. The van der Waals surface area contributed by atoms with Gasteiger partial charge in [0.25, 0.3) is 11.8 Å². The van der Waals surface area contributed by atoms with Crippen molar-refractivity contribution in [3.63, 3.8) is 0 Å². The van der Waals surface area contributed by atoms with E-state index in [4.69, 9.17) is 0 Å². The highest BCUT2D eigenvalue weighted by molar-refractivity contribution is 6.09. The van der Waals surface area contributed by atoms with E-state index in [0.29, 0.717) is 23.4 Å². The zero-order valence-corrected chi connectivity index (χ0v) is 23.5. The van der Waals surface area contributed by atoms with Crippen LogP contribution in [0.25, 0.3) is 5.69 Å². The molecule has 42 heavy (non-hydrogen) atoms. The Morgan fingerprint density at radius 2 is 1.60 bits per heavy atom. The van der Waals surface area contributed by atoms with Gasteiger partial charge in [0.15, 0.2) is 0 Å². The molecule has 1 N–H and O–H groups in total. The Kier molecular flexibility index (Phi) is 7.76. The zero-order chi connectivity index (χ0) is 28.9. The van der Waals surface area contributed by atoms with Gasteiger partial charge in [0.05, 0.1) is 22.6 Å². The Morgan fingerprint density at radius 3 is 2.36 bits per heavy atom. The highest BCUT2D eigenvalue weighted by Crippen LogP contribution is 2.34. The largest absolute Gasteiger partial charge is 0.365 e. The number of imidazole rings is 1. The van der Waals surface area contributed by atoms with E-state index in [1.54, 1.807) is 42.7 Å². The van der Waals surface area contributed by atoms with E-state index in [-0.39, 0.29) is 11.8 Å². The number of amides is 2. The van der Waals surface area contributed by atoms with Gasteiger partial charge in [0.1, 0.15) is 5.82 Å². The molecule has 5 aromatic rings. The molecule has 0 unspecified atom stereocenters. The number of anilines is 3. The number of nitrogens with one attached hydrogen (secondary N) is 1. The Balaban J connectivity index is 1.20. The normalized spacial score (nSPS) is 12.9. The van der Waals surface area contributed by atoms with Gasteiger partial charge >= 0.3 is 0 Å². The van der Waals surface area contributed by atoms with Gasteiger partial charge in [0, 0.05) is 62.1 Å². The maximum absolute atomic E-state index is 13.8. The third-order valence-corrected chi connectivity index (χ3v) is 7.50. The number of aromatic nitrogens is 3. The molecule has 1 aliphatic heterocycles. The average molecular weight is 557 g/mol. The lowest BCUT2D eigenvalue weighted by molar-refractivity contribution is 0.0986. The van der Waals surface area contributed by atoms with Gasteiger partial charge in [-0.25, -0.2) is 4.98 Å². The average Bonchev–Trinajstić information content (AvgIpc) is 3.45. The first-order valence-electron chi connectivity index (χ1n) is 14.2. The smallest absolute Gasteiger partial charge is 0.258 e. The molecule has 3 aromatic carbocycles. The van der Waals surface area contributed by atoms with Crippen LogP contribution in [-0.2, 0) is 13.0 Å². The fourth-order valence-corrected chi connectivity index (χ4v) is 5.45. The molecular weight excluding hydrogens is 524 g/mol. The number of carbonyl (C=O) groups excluding carboxylic acids is 2. The summed E-state index contributed by atoms with van der Waals surface area (Å²) in [7, 11) is 0. The topological polar surface area (TPSA) is 83.4 Å². The van der Waals surface area contributed by atoms with Crippen molar-refractivity contribution in [1.29, 1.82) is 0 Å². The SMILES string of the molecule is CCc1nccn1-c1ccccc1C(=O)Nc1ccc(C(=O)N2CCCN(Cc3cccnc3)c3ccccc32)cc1. The molecule has 0 spiro atoms. The fraction of sp³-hybridized carbons (Fsp3) is 0.176. The van der Waals surface area contributed by atoms with Gasteiger partial charge in [-0.1, -0.05) is 37.3 Å². The van der Waals surface area contributed by atoms with Crippen molar-refractivity contribution in [1.82, 2.24) is 14.5 Å². The third-order valence-electron chi connectivity index (χ3n) is 7.50. The van der Waals surface area contributed by atoms with Gasteiger partial charge in [-0.15, -0.1) is 0 Å². The number of para-hydroxylation sites is 3. The number of aryl methyl sites for hydroxylation is 1. The second-order valence-electron chi connectivity index (χ2n) is 10.2. The second-order valence-corrected chi connectivity index (χ2v) is 10.2. The van der Waals surface area contributed by atoms with Crippen LogP contribution in [0.15, 0.2) is 110 Å². The lowest BCUT2D eigenvalue weighted by atomic mass is 10.1. The minimum absolute atomic E-state index is 0.0684. The maximum Gasteiger partial charge on any atom is 0.258 e. The molecule has 6 rings (SSSR count). The summed E-state index contributed by atoms with van der Waals surface area (Å²) < 4.78 is 1.94. The quantitative estimate of drug-likeness (QED) is 0.260. The van der Waals surface area contributed by atoms with Crippen molar-refractivity contribution < 1.29 is 9.59 Å². The van der Waals surface area contributed by atoms with Crippen LogP contribution >= 0.6 is 0 Å². The lowest BCUT2D eigenvalue weighted by Gasteiger charge is -2.27. The molecule has 1 aliphatic rings. The molecule has 2 amide bonds. The summed E-state index contributed by atoms with van der Waals surface area (Å²) in [6.45, 7) is 4.21. The summed E-state index contributed by atoms with van der Waals surface area (Å²) in [6, 6.07) is 26.6. The van der Waals surface area contributed by atoms with Crippen LogP contribution in [0.3, 0.4) is 0 Å². The molecule has 0 saturated carbocycles. The van der Waals surface area contributed by atoms with Gasteiger partial charge in [-0.05, 0) is 66.6 Å². The number of nitrogens with zero attached hydrogens (tertiary/aromatic N) is 5. The summed E-state index contributed by atoms with van der Waals surface area (Å²) in [6.07, 6.45) is 8.86. The van der Waals surface area contributed by atoms with Crippen LogP contribution in [-0.4, -0.2) is 39.4 Å². The molecule has 0 bridgehead atoms. The minimum Gasteiger partial charge on any atom is -0.365 e. The molecular formula is C34H32N6O2. The first-order chi connectivity index (χ1) is 20.6. The van der Waals surface area contributed by atoms with E-state index in [0.717, 1.165) is 54.4 Å². The predicted octanol–water partition coefficient (Wildman–Crippen LogP) is 6.14. The maximum atomic E-state index is 13.8. The molecule has 0 aliphatic carbocycles. The summed E-state index contributed by atoms with van der Waals surface area (Å²) >= 11 is 0. The van der Waals surface area contributed by atoms with Gasteiger partial charge < -0.3 is 19.7 Å². The van der Waals surface area contributed by atoms with Gasteiger partial charge in [-0.3, -0.25) is 14.6 Å². The molecule has 3 heterocycles. The monoisotopic (exact) mass is 556 g/mol. The molecule has 0 fully saturated rings. The summed E-state index contributed by atoms with van der Waals surface area (Å²) in [4.78, 5) is 39.9. The molecule has 2 aromatic heterocycles.